The number of hydrogen-bond acceptors (Lipinski definition) is 5. The maximum atomic E-state index is 12.3. The summed E-state index contributed by atoms with van der Waals surface area (Å²) in [6.07, 6.45) is 0. The molecule has 3 rings (SSSR count). The van der Waals surface area contributed by atoms with Gasteiger partial charge in [0, 0.05) is 30.9 Å². The molecule has 3 aromatic rings. The SMILES string of the molecule is CN(C)c1cccc(C(=O)NCc2nnc(-c3ccccc3)o2)c1. The van der Waals surface area contributed by atoms with E-state index < -0.39 is 0 Å². The molecule has 6 heteroatoms. The Morgan fingerprint density at radius 1 is 1.08 bits per heavy atom. The van der Waals surface area contributed by atoms with E-state index in [4.69, 9.17) is 4.42 Å². The van der Waals surface area contributed by atoms with E-state index in [0.717, 1.165) is 11.3 Å². The maximum Gasteiger partial charge on any atom is 0.251 e. The number of rotatable bonds is 5. The first-order chi connectivity index (χ1) is 11.6. The molecule has 0 spiro atoms. The summed E-state index contributed by atoms with van der Waals surface area (Å²) < 4.78 is 5.57. The Kier molecular flexibility index (Phi) is 4.56. The number of nitrogens with zero attached hydrogens (tertiary/aromatic N) is 3. The van der Waals surface area contributed by atoms with Gasteiger partial charge in [-0.25, -0.2) is 0 Å². The Morgan fingerprint density at radius 3 is 2.62 bits per heavy atom. The number of benzene rings is 2. The van der Waals surface area contributed by atoms with Gasteiger partial charge in [0.1, 0.15) is 0 Å². The van der Waals surface area contributed by atoms with E-state index >= 15 is 0 Å². The summed E-state index contributed by atoms with van der Waals surface area (Å²) in [7, 11) is 3.86. The lowest BCUT2D eigenvalue weighted by Crippen LogP contribution is -2.23. The summed E-state index contributed by atoms with van der Waals surface area (Å²) in [5.41, 5.74) is 2.40. The Labute approximate surface area is 140 Å². The largest absolute Gasteiger partial charge is 0.419 e. The second kappa shape index (κ2) is 6.95. The molecule has 0 saturated carbocycles. The minimum absolute atomic E-state index is 0.182. The van der Waals surface area contributed by atoms with Gasteiger partial charge in [0.05, 0.1) is 6.54 Å². The van der Waals surface area contributed by atoms with Crippen molar-refractivity contribution in [2.75, 3.05) is 19.0 Å². The smallest absolute Gasteiger partial charge is 0.251 e. The van der Waals surface area contributed by atoms with Crippen molar-refractivity contribution in [1.82, 2.24) is 15.5 Å². The van der Waals surface area contributed by atoms with Crippen molar-refractivity contribution in [2.24, 2.45) is 0 Å². The van der Waals surface area contributed by atoms with Gasteiger partial charge in [0.2, 0.25) is 11.8 Å². The average molecular weight is 322 g/mol. The van der Waals surface area contributed by atoms with E-state index in [1.807, 2.05) is 67.5 Å². The van der Waals surface area contributed by atoms with Crippen LogP contribution in [0, 0.1) is 0 Å². The molecule has 0 fully saturated rings. The van der Waals surface area contributed by atoms with E-state index in [1.165, 1.54) is 0 Å². The second-order valence-electron chi connectivity index (χ2n) is 5.49. The molecular weight excluding hydrogens is 304 g/mol. The predicted octanol–water partition coefficient (Wildman–Crippen LogP) is 2.73. The van der Waals surface area contributed by atoms with E-state index in [1.54, 1.807) is 6.07 Å². The summed E-state index contributed by atoms with van der Waals surface area (Å²) in [4.78, 5) is 14.2. The van der Waals surface area contributed by atoms with Gasteiger partial charge in [0.15, 0.2) is 0 Å². The molecule has 1 amide bonds. The van der Waals surface area contributed by atoms with Crippen LogP contribution in [0.15, 0.2) is 59.0 Å². The first-order valence-electron chi connectivity index (χ1n) is 7.57. The van der Waals surface area contributed by atoms with Crippen molar-refractivity contribution >= 4 is 11.6 Å². The standard InChI is InChI=1S/C18H18N4O2/c1-22(2)15-10-6-9-14(11-15)17(23)19-12-16-20-21-18(24-16)13-7-4-3-5-8-13/h3-11H,12H2,1-2H3,(H,19,23). The van der Waals surface area contributed by atoms with Gasteiger partial charge in [-0.15, -0.1) is 10.2 Å². The van der Waals surface area contributed by atoms with Crippen molar-refractivity contribution in [2.45, 2.75) is 6.54 Å². The van der Waals surface area contributed by atoms with Crippen LogP contribution in [0.5, 0.6) is 0 Å². The summed E-state index contributed by atoms with van der Waals surface area (Å²) in [6, 6.07) is 16.9. The third-order valence-electron chi connectivity index (χ3n) is 3.51. The average Bonchev–Trinajstić information content (AvgIpc) is 3.09. The zero-order valence-electron chi connectivity index (χ0n) is 13.6. The molecule has 1 N–H and O–H groups in total. The lowest BCUT2D eigenvalue weighted by atomic mass is 10.2. The van der Waals surface area contributed by atoms with E-state index in [-0.39, 0.29) is 12.5 Å². The number of anilines is 1. The monoisotopic (exact) mass is 322 g/mol. The van der Waals surface area contributed by atoms with E-state index in [0.29, 0.717) is 17.3 Å². The van der Waals surface area contributed by atoms with Crippen molar-refractivity contribution in [1.29, 1.82) is 0 Å². The summed E-state index contributed by atoms with van der Waals surface area (Å²) in [5.74, 6) is 0.624. The van der Waals surface area contributed by atoms with Crippen LogP contribution in [0.25, 0.3) is 11.5 Å². The van der Waals surface area contributed by atoms with Gasteiger partial charge in [-0.05, 0) is 30.3 Å². The fourth-order valence-corrected chi connectivity index (χ4v) is 2.21. The molecule has 0 radical (unpaired) electrons. The molecule has 0 aliphatic heterocycles. The number of aromatic nitrogens is 2. The van der Waals surface area contributed by atoms with Crippen molar-refractivity contribution in [3.05, 3.63) is 66.1 Å². The molecule has 2 aromatic carbocycles. The van der Waals surface area contributed by atoms with Crippen molar-refractivity contribution < 1.29 is 9.21 Å². The van der Waals surface area contributed by atoms with Gasteiger partial charge >= 0.3 is 0 Å². The normalized spacial score (nSPS) is 10.4. The molecular formula is C18H18N4O2. The van der Waals surface area contributed by atoms with Crippen LogP contribution in [0.4, 0.5) is 5.69 Å². The maximum absolute atomic E-state index is 12.3. The van der Waals surface area contributed by atoms with E-state index in [9.17, 15) is 4.79 Å². The van der Waals surface area contributed by atoms with E-state index in [2.05, 4.69) is 15.5 Å². The zero-order chi connectivity index (χ0) is 16.9. The second-order valence-corrected chi connectivity index (χ2v) is 5.49. The van der Waals surface area contributed by atoms with Gasteiger partial charge in [-0.3, -0.25) is 4.79 Å². The first kappa shape index (κ1) is 15.7. The first-order valence-corrected chi connectivity index (χ1v) is 7.57. The van der Waals surface area contributed by atoms with Gasteiger partial charge in [-0.1, -0.05) is 24.3 Å². The Bertz CT molecular complexity index is 828. The van der Waals surface area contributed by atoms with Crippen LogP contribution >= 0.6 is 0 Å². The molecule has 0 aliphatic rings. The van der Waals surface area contributed by atoms with Crippen LogP contribution in [-0.4, -0.2) is 30.2 Å². The molecule has 0 bridgehead atoms. The van der Waals surface area contributed by atoms with Gasteiger partial charge in [-0.2, -0.15) is 0 Å². The van der Waals surface area contributed by atoms with Crippen LogP contribution in [0.3, 0.4) is 0 Å². The molecule has 122 valence electrons. The summed E-state index contributed by atoms with van der Waals surface area (Å²) in [6.45, 7) is 0.185. The van der Waals surface area contributed by atoms with Gasteiger partial charge in [0.25, 0.3) is 5.91 Å². The third kappa shape index (κ3) is 3.60. The highest BCUT2D eigenvalue weighted by Gasteiger charge is 2.11. The van der Waals surface area contributed by atoms with Crippen molar-refractivity contribution in [3.8, 4) is 11.5 Å². The molecule has 1 heterocycles. The molecule has 0 atom stereocenters. The number of amides is 1. The molecule has 0 unspecified atom stereocenters. The highest BCUT2D eigenvalue weighted by atomic mass is 16.4. The van der Waals surface area contributed by atoms with Crippen LogP contribution in [0.2, 0.25) is 0 Å². The predicted molar refractivity (Wildman–Crippen MR) is 91.7 cm³/mol. The lowest BCUT2D eigenvalue weighted by Gasteiger charge is -2.13. The molecule has 1 aromatic heterocycles. The number of carbonyl (C=O) groups excluding carboxylic acids is 1. The minimum Gasteiger partial charge on any atom is -0.419 e. The fraction of sp³-hybridized carbons (Fsp3) is 0.167. The number of hydrogen-bond donors (Lipinski definition) is 1. The number of carbonyl (C=O) groups is 1. The van der Waals surface area contributed by atoms with Crippen LogP contribution in [0.1, 0.15) is 16.2 Å². The zero-order valence-corrected chi connectivity index (χ0v) is 13.6. The quantitative estimate of drug-likeness (QED) is 0.782. The number of nitrogens with one attached hydrogen (secondary N) is 1. The highest BCUT2D eigenvalue weighted by Crippen LogP contribution is 2.17. The molecule has 24 heavy (non-hydrogen) atoms. The third-order valence-corrected chi connectivity index (χ3v) is 3.51. The Hall–Kier alpha value is -3.15. The Balaban J connectivity index is 1.65. The highest BCUT2D eigenvalue weighted by molar-refractivity contribution is 5.95. The topological polar surface area (TPSA) is 71.3 Å². The van der Waals surface area contributed by atoms with Crippen LogP contribution < -0.4 is 10.2 Å². The Morgan fingerprint density at radius 2 is 1.88 bits per heavy atom. The lowest BCUT2D eigenvalue weighted by molar-refractivity contribution is 0.0947. The summed E-state index contributed by atoms with van der Waals surface area (Å²) in [5, 5.41) is 10.8. The molecule has 6 nitrogen and oxygen atoms in total. The van der Waals surface area contributed by atoms with Gasteiger partial charge < -0.3 is 14.6 Å². The minimum atomic E-state index is -0.182. The van der Waals surface area contributed by atoms with Crippen molar-refractivity contribution in [3.63, 3.8) is 0 Å². The molecule has 0 aliphatic carbocycles. The summed E-state index contributed by atoms with van der Waals surface area (Å²) >= 11 is 0. The van der Waals surface area contributed by atoms with Crippen LogP contribution in [-0.2, 0) is 6.54 Å². The fourth-order valence-electron chi connectivity index (χ4n) is 2.21. The molecule has 0 saturated heterocycles.